The van der Waals surface area contributed by atoms with Crippen molar-refractivity contribution >= 4 is 0 Å². The second-order valence-corrected chi connectivity index (χ2v) is 6.91. The SMILES string of the molecule is CCC(C)C#CCC1CCN(CCOCCC(C)C)CC1. The molecule has 1 unspecified atom stereocenters. The van der Waals surface area contributed by atoms with Crippen LogP contribution in [0.1, 0.15) is 59.8 Å². The van der Waals surface area contributed by atoms with E-state index in [1.54, 1.807) is 0 Å². The quantitative estimate of drug-likeness (QED) is 0.491. The Morgan fingerprint density at radius 1 is 1.14 bits per heavy atom. The third-order valence-electron chi connectivity index (χ3n) is 4.45. The van der Waals surface area contributed by atoms with E-state index in [9.17, 15) is 0 Å². The Morgan fingerprint density at radius 3 is 2.48 bits per heavy atom. The number of hydrogen-bond donors (Lipinski definition) is 0. The molecule has 1 heterocycles. The molecule has 2 heteroatoms. The van der Waals surface area contributed by atoms with Crippen molar-refractivity contribution in [2.75, 3.05) is 32.8 Å². The van der Waals surface area contributed by atoms with E-state index in [0.29, 0.717) is 5.92 Å². The fraction of sp³-hybridized carbons (Fsp3) is 0.895. The van der Waals surface area contributed by atoms with Crippen LogP contribution in [0.3, 0.4) is 0 Å². The molecule has 0 amide bonds. The molecule has 21 heavy (non-hydrogen) atoms. The molecule has 0 radical (unpaired) electrons. The summed E-state index contributed by atoms with van der Waals surface area (Å²) in [4.78, 5) is 2.55. The average Bonchev–Trinajstić information content (AvgIpc) is 2.48. The van der Waals surface area contributed by atoms with Crippen LogP contribution >= 0.6 is 0 Å². The van der Waals surface area contributed by atoms with Gasteiger partial charge < -0.3 is 9.64 Å². The van der Waals surface area contributed by atoms with Crippen molar-refractivity contribution in [3.8, 4) is 11.8 Å². The first-order valence-electron chi connectivity index (χ1n) is 8.90. The highest BCUT2D eigenvalue weighted by molar-refractivity contribution is 5.03. The molecule has 2 nitrogen and oxygen atoms in total. The summed E-state index contributed by atoms with van der Waals surface area (Å²) in [6, 6.07) is 0. The molecule has 1 atom stereocenters. The number of likely N-dealkylation sites (tertiary alicyclic amines) is 1. The van der Waals surface area contributed by atoms with Gasteiger partial charge in [-0.25, -0.2) is 0 Å². The third-order valence-corrected chi connectivity index (χ3v) is 4.45. The Labute approximate surface area is 132 Å². The van der Waals surface area contributed by atoms with Gasteiger partial charge in [0.05, 0.1) is 6.61 Å². The van der Waals surface area contributed by atoms with Gasteiger partial charge in [0, 0.05) is 25.5 Å². The largest absolute Gasteiger partial charge is 0.380 e. The van der Waals surface area contributed by atoms with Gasteiger partial charge in [0.2, 0.25) is 0 Å². The summed E-state index contributed by atoms with van der Waals surface area (Å²) in [5, 5.41) is 0. The van der Waals surface area contributed by atoms with Crippen molar-refractivity contribution in [3.63, 3.8) is 0 Å². The molecule has 0 aromatic heterocycles. The minimum atomic E-state index is 0.563. The molecule has 0 spiro atoms. The summed E-state index contributed by atoms with van der Waals surface area (Å²) in [5.74, 6) is 8.89. The number of ether oxygens (including phenoxy) is 1. The maximum atomic E-state index is 5.71. The Hall–Kier alpha value is -0.520. The van der Waals surface area contributed by atoms with Crippen LogP contribution in [0.15, 0.2) is 0 Å². The zero-order chi connectivity index (χ0) is 15.5. The van der Waals surface area contributed by atoms with E-state index in [1.165, 1.54) is 38.8 Å². The number of nitrogens with zero attached hydrogens (tertiary/aromatic N) is 1. The first-order valence-corrected chi connectivity index (χ1v) is 8.90. The summed E-state index contributed by atoms with van der Waals surface area (Å²) < 4.78 is 5.71. The summed E-state index contributed by atoms with van der Waals surface area (Å²) in [7, 11) is 0. The van der Waals surface area contributed by atoms with Crippen molar-refractivity contribution in [1.29, 1.82) is 0 Å². The second kappa shape index (κ2) is 11.1. The van der Waals surface area contributed by atoms with Crippen LogP contribution in [0.25, 0.3) is 0 Å². The normalized spacial score (nSPS) is 18.5. The zero-order valence-corrected chi connectivity index (χ0v) is 14.7. The molecular formula is C19H35NO. The van der Waals surface area contributed by atoms with Crippen LogP contribution in [0.5, 0.6) is 0 Å². The predicted molar refractivity (Wildman–Crippen MR) is 91.3 cm³/mol. The number of piperidine rings is 1. The molecule has 0 aliphatic carbocycles. The molecule has 0 aromatic rings. The molecule has 0 N–H and O–H groups in total. The van der Waals surface area contributed by atoms with Crippen LogP contribution in [0.2, 0.25) is 0 Å². The minimum Gasteiger partial charge on any atom is -0.380 e. The van der Waals surface area contributed by atoms with Crippen LogP contribution in [0, 0.1) is 29.6 Å². The van der Waals surface area contributed by atoms with E-state index in [4.69, 9.17) is 4.74 Å². The molecule has 0 aromatic carbocycles. The molecule has 0 bridgehead atoms. The monoisotopic (exact) mass is 293 g/mol. The van der Waals surface area contributed by atoms with Gasteiger partial charge >= 0.3 is 0 Å². The smallest absolute Gasteiger partial charge is 0.0593 e. The Kier molecular flexibility index (Phi) is 9.79. The van der Waals surface area contributed by atoms with Crippen LogP contribution in [-0.4, -0.2) is 37.7 Å². The zero-order valence-electron chi connectivity index (χ0n) is 14.7. The topological polar surface area (TPSA) is 12.5 Å². The highest BCUT2D eigenvalue weighted by atomic mass is 16.5. The number of hydrogen-bond acceptors (Lipinski definition) is 2. The standard InChI is InChI=1S/C19H35NO/c1-5-18(4)7-6-8-19-9-12-20(13-10-19)14-16-21-15-11-17(2)3/h17-19H,5,8-16H2,1-4H3. The molecule has 122 valence electrons. The molecule has 1 rings (SSSR count). The van der Waals surface area contributed by atoms with E-state index in [-0.39, 0.29) is 0 Å². The first-order chi connectivity index (χ1) is 10.1. The second-order valence-electron chi connectivity index (χ2n) is 6.91. The predicted octanol–water partition coefficient (Wildman–Crippen LogP) is 4.20. The van der Waals surface area contributed by atoms with Gasteiger partial charge in [-0.1, -0.05) is 27.7 Å². The maximum Gasteiger partial charge on any atom is 0.0593 e. The van der Waals surface area contributed by atoms with Crippen LogP contribution < -0.4 is 0 Å². The van der Waals surface area contributed by atoms with Gasteiger partial charge in [-0.3, -0.25) is 0 Å². The highest BCUT2D eigenvalue weighted by Crippen LogP contribution is 2.19. The van der Waals surface area contributed by atoms with Crippen LogP contribution in [0.4, 0.5) is 0 Å². The van der Waals surface area contributed by atoms with Crippen molar-refractivity contribution in [3.05, 3.63) is 0 Å². The summed E-state index contributed by atoms with van der Waals surface area (Å²) >= 11 is 0. The third kappa shape index (κ3) is 9.17. The van der Waals surface area contributed by atoms with E-state index in [1.807, 2.05) is 0 Å². The molecule has 1 aliphatic rings. The van der Waals surface area contributed by atoms with Gasteiger partial charge in [-0.05, 0) is 50.6 Å². The van der Waals surface area contributed by atoms with E-state index in [0.717, 1.165) is 38.0 Å². The molecule has 1 aliphatic heterocycles. The molecule has 1 fully saturated rings. The summed E-state index contributed by atoms with van der Waals surface area (Å²) in [6.45, 7) is 14.3. The lowest BCUT2D eigenvalue weighted by atomic mass is 9.93. The van der Waals surface area contributed by atoms with Crippen LogP contribution in [-0.2, 0) is 4.74 Å². The van der Waals surface area contributed by atoms with Gasteiger partial charge in [0.15, 0.2) is 0 Å². The molecular weight excluding hydrogens is 258 g/mol. The average molecular weight is 293 g/mol. The van der Waals surface area contributed by atoms with Crippen molar-refractivity contribution < 1.29 is 4.74 Å². The minimum absolute atomic E-state index is 0.563. The van der Waals surface area contributed by atoms with Gasteiger partial charge in [0.25, 0.3) is 0 Å². The van der Waals surface area contributed by atoms with Crippen molar-refractivity contribution in [2.45, 2.75) is 59.8 Å². The number of rotatable bonds is 8. The fourth-order valence-corrected chi connectivity index (χ4v) is 2.51. The molecule has 0 saturated carbocycles. The van der Waals surface area contributed by atoms with Gasteiger partial charge in [-0.15, -0.1) is 11.8 Å². The lowest BCUT2D eigenvalue weighted by Crippen LogP contribution is -2.36. The fourth-order valence-electron chi connectivity index (χ4n) is 2.51. The van der Waals surface area contributed by atoms with Gasteiger partial charge in [0.1, 0.15) is 0 Å². The lowest BCUT2D eigenvalue weighted by molar-refractivity contribution is 0.0830. The summed E-state index contributed by atoms with van der Waals surface area (Å²) in [6.07, 6.45) is 6.06. The van der Waals surface area contributed by atoms with Crippen molar-refractivity contribution in [1.82, 2.24) is 4.90 Å². The summed E-state index contributed by atoms with van der Waals surface area (Å²) in [5.41, 5.74) is 0. The Morgan fingerprint density at radius 2 is 1.86 bits per heavy atom. The Bertz CT molecular complexity index is 307. The first kappa shape index (κ1) is 18.5. The lowest BCUT2D eigenvalue weighted by Gasteiger charge is -2.31. The van der Waals surface area contributed by atoms with E-state index >= 15 is 0 Å². The Balaban J connectivity index is 2.05. The van der Waals surface area contributed by atoms with Gasteiger partial charge in [-0.2, -0.15) is 0 Å². The van der Waals surface area contributed by atoms with E-state index < -0.39 is 0 Å². The maximum absolute atomic E-state index is 5.71. The highest BCUT2D eigenvalue weighted by Gasteiger charge is 2.17. The van der Waals surface area contributed by atoms with E-state index in [2.05, 4.69) is 44.4 Å². The molecule has 1 saturated heterocycles. The van der Waals surface area contributed by atoms with Crippen molar-refractivity contribution in [2.24, 2.45) is 17.8 Å².